The van der Waals surface area contributed by atoms with Gasteiger partial charge in [0.15, 0.2) is 0 Å². The maximum Gasteiger partial charge on any atom is 0.205 e. The summed E-state index contributed by atoms with van der Waals surface area (Å²) < 4.78 is 0.619. The molecule has 0 unspecified atom stereocenters. The Hall–Kier alpha value is -1.03. The molecule has 1 heterocycles. The highest BCUT2D eigenvalue weighted by Gasteiger charge is 2.16. The molecule has 1 aromatic heterocycles. The van der Waals surface area contributed by atoms with Gasteiger partial charge in [-0.2, -0.15) is 0 Å². The third-order valence-electron chi connectivity index (χ3n) is 2.34. The Kier molecular flexibility index (Phi) is 3.43. The van der Waals surface area contributed by atoms with E-state index < -0.39 is 0 Å². The Balaban J connectivity index is 2.47. The highest BCUT2D eigenvalue weighted by Crippen LogP contribution is 2.30. The van der Waals surface area contributed by atoms with Crippen molar-refractivity contribution in [1.29, 1.82) is 0 Å². The molecule has 2 rings (SSSR count). The highest BCUT2D eigenvalue weighted by molar-refractivity contribution is 7.18. The van der Waals surface area contributed by atoms with Crippen LogP contribution in [-0.2, 0) is 0 Å². The molecule has 2 aromatic rings. The van der Waals surface area contributed by atoms with Crippen molar-refractivity contribution in [1.82, 2.24) is 0 Å². The molecule has 0 bridgehead atoms. The molecule has 0 fully saturated rings. The molecular weight excluding hydrogens is 277 g/mol. The molecule has 0 spiro atoms. The fourth-order valence-electron chi connectivity index (χ4n) is 1.43. The Morgan fingerprint density at radius 3 is 2.59 bits per heavy atom. The summed E-state index contributed by atoms with van der Waals surface area (Å²) in [5.74, 6) is -0.148. The second kappa shape index (κ2) is 4.69. The van der Waals surface area contributed by atoms with Gasteiger partial charge in [-0.1, -0.05) is 23.2 Å². The topological polar surface area (TPSA) is 43.1 Å². The number of rotatable bonds is 2. The van der Waals surface area contributed by atoms with Gasteiger partial charge in [0.1, 0.15) is 0 Å². The number of nitrogens with two attached hydrogens (primary N) is 1. The Bertz CT molecular complexity index is 573. The van der Waals surface area contributed by atoms with Crippen LogP contribution in [0.3, 0.4) is 0 Å². The molecule has 0 saturated carbocycles. The molecule has 0 aliphatic rings. The number of carbonyl (C=O) groups excluding carboxylic acids is 1. The summed E-state index contributed by atoms with van der Waals surface area (Å²) >= 11 is 13.0. The number of aryl methyl sites for hydroxylation is 1. The first-order valence-electron chi connectivity index (χ1n) is 4.84. The van der Waals surface area contributed by atoms with Crippen molar-refractivity contribution in [3.63, 3.8) is 0 Å². The quantitative estimate of drug-likeness (QED) is 0.665. The number of nitrogen functional groups attached to an aromatic ring is 1. The monoisotopic (exact) mass is 285 g/mol. The van der Waals surface area contributed by atoms with Crippen LogP contribution in [0.4, 0.5) is 5.69 Å². The minimum absolute atomic E-state index is 0.148. The van der Waals surface area contributed by atoms with Crippen LogP contribution in [0.1, 0.15) is 20.8 Å². The number of anilines is 1. The van der Waals surface area contributed by atoms with Gasteiger partial charge in [0.05, 0.1) is 9.21 Å². The van der Waals surface area contributed by atoms with Gasteiger partial charge in [0.25, 0.3) is 0 Å². The van der Waals surface area contributed by atoms with Crippen molar-refractivity contribution in [2.75, 3.05) is 5.73 Å². The van der Waals surface area contributed by atoms with E-state index in [2.05, 4.69) is 0 Å². The zero-order valence-corrected chi connectivity index (χ0v) is 11.3. The fourth-order valence-corrected chi connectivity index (χ4v) is 2.76. The van der Waals surface area contributed by atoms with Gasteiger partial charge in [-0.05, 0) is 36.8 Å². The van der Waals surface area contributed by atoms with E-state index in [-0.39, 0.29) is 5.78 Å². The SMILES string of the molecule is Cc1cc(C(=O)c2cc(Cl)ccc2N)sc1Cl. The standard InChI is InChI=1S/C12H9Cl2NOS/c1-6-4-10(17-12(6)14)11(16)8-5-7(13)2-3-9(8)15/h2-5H,15H2,1H3. The van der Waals surface area contributed by atoms with Gasteiger partial charge in [-0.3, -0.25) is 4.79 Å². The normalized spacial score (nSPS) is 10.5. The molecule has 0 aliphatic heterocycles. The van der Waals surface area contributed by atoms with Crippen LogP contribution < -0.4 is 5.73 Å². The molecule has 0 saturated heterocycles. The van der Waals surface area contributed by atoms with Crippen LogP contribution in [0.5, 0.6) is 0 Å². The van der Waals surface area contributed by atoms with Gasteiger partial charge in [-0.25, -0.2) is 0 Å². The summed E-state index contributed by atoms with van der Waals surface area (Å²) in [6.07, 6.45) is 0. The van der Waals surface area contributed by atoms with Crippen molar-refractivity contribution >= 4 is 46.0 Å². The largest absolute Gasteiger partial charge is 0.398 e. The molecule has 0 radical (unpaired) electrons. The number of ketones is 1. The lowest BCUT2D eigenvalue weighted by atomic mass is 10.1. The first kappa shape index (κ1) is 12.4. The van der Waals surface area contributed by atoms with E-state index in [9.17, 15) is 4.79 Å². The first-order valence-corrected chi connectivity index (χ1v) is 6.42. The summed E-state index contributed by atoms with van der Waals surface area (Å²) in [5, 5.41) is 0.488. The van der Waals surface area contributed by atoms with E-state index in [1.165, 1.54) is 11.3 Å². The predicted octanol–water partition coefficient (Wildman–Crippen LogP) is 4.18. The van der Waals surface area contributed by atoms with Gasteiger partial charge in [0, 0.05) is 16.3 Å². The molecule has 2 N–H and O–H groups in total. The summed E-state index contributed by atoms with van der Waals surface area (Å²) in [6, 6.07) is 6.61. The van der Waals surface area contributed by atoms with Crippen LogP contribution in [0.15, 0.2) is 24.3 Å². The molecule has 2 nitrogen and oxygen atoms in total. The number of thiophene rings is 1. The first-order chi connectivity index (χ1) is 7.99. The zero-order valence-electron chi connectivity index (χ0n) is 8.96. The lowest BCUT2D eigenvalue weighted by Gasteiger charge is -2.03. The maximum absolute atomic E-state index is 12.2. The third kappa shape index (κ3) is 2.46. The van der Waals surface area contributed by atoms with Gasteiger partial charge < -0.3 is 5.73 Å². The molecule has 0 aliphatic carbocycles. The summed E-state index contributed by atoms with van der Waals surface area (Å²) in [7, 11) is 0. The second-order valence-corrected chi connectivity index (χ2v) is 5.72. The Labute approximate surface area is 113 Å². The Morgan fingerprint density at radius 1 is 1.29 bits per heavy atom. The van der Waals surface area contributed by atoms with Crippen LogP contribution >= 0.6 is 34.5 Å². The van der Waals surface area contributed by atoms with Crippen LogP contribution in [0.2, 0.25) is 9.36 Å². The molecule has 1 aromatic carbocycles. The Morgan fingerprint density at radius 2 is 2.00 bits per heavy atom. The number of benzene rings is 1. The number of halogens is 2. The zero-order chi connectivity index (χ0) is 12.6. The molecule has 0 amide bonds. The number of hydrogen-bond donors (Lipinski definition) is 1. The molecular formula is C12H9Cl2NOS. The van der Waals surface area contributed by atoms with Gasteiger partial charge >= 0.3 is 0 Å². The lowest BCUT2D eigenvalue weighted by Crippen LogP contribution is -2.03. The van der Waals surface area contributed by atoms with Gasteiger partial charge in [0.2, 0.25) is 5.78 Å². The molecule has 5 heteroatoms. The van der Waals surface area contributed by atoms with Crippen molar-refractivity contribution in [2.24, 2.45) is 0 Å². The van der Waals surface area contributed by atoms with Crippen LogP contribution in [0.25, 0.3) is 0 Å². The minimum atomic E-state index is -0.148. The molecule has 88 valence electrons. The van der Waals surface area contributed by atoms with Crippen LogP contribution in [0, 0.1) is 6.92 Å². The average Bonchev–Trinajstić information content (AvgIpc) is 2.62. The minimum Gasteiger partial charge on any atom is -0.398 e. The predicted molar refractivity (Wildman–Crippen MR) is 73.4 cm³/mol. The summed E-state index contributed by atoms with van der Waals surface area (Å²) in [5.41, 5.74) is 7.48. The van der Waals surface area contributed by atoms with Crippen LogP contribution in [-0.4, -0.2) is 5.78 Å². The van der Waals surface area contributed by atoms with E-state index in [1.807, 2.05) is 6.92 Å². The summed E-state index contributed by atoms with van der Waals surface area (Å²) in [6.45, 7) is 1.86. The van der Waals surface area contributed by atoms with Gasteiger partial charge in [-0.15, -0.1) is 11.3 Å². The fraction of sp³-hybridized carbons (Fsp3) is 0.0833. The van der Waals surface area contributed by atoms with E-state index in [0.717, 1.165) is 5.56 Å². The average molecular weight is 286 g/mol. The number of hydrogen-bond acceptors (Lipinski definition) is 3. The number of carbonyl (C=O) groups is 1. The van der Waals surface area contributed by atoms with Crippen molar-refractivity contribution in [2.45, 2.75) is 6.92 Å². The molecule has 0 atom stereocenters. The van der Waals surface area contributed by atoms with Crippen molar-refractivity contribution in [3.05, 3.63) is 49.6 Å². The van der Waals surface area contributed by atoms with E-state index in [1.54, 1.807) is 24.3 Å². The van der Waals surface area contributed by atoms with E-state index in [4.69, 9.17) is 28.9 Å². The van der Waals surface area contributed by atoms with E-state index >= 15 is 0 Å². The molecule has 17 heavy (non-hydrogen) atoms. The smallest absolute Gasteiger partial charge is 0.205 e. The second-order valence-electron chi connectivity index (χ2n) is 3.63. The third-order valence-corrected chi connectivity index (χ3v) is 4.13. The van der Waals surface area contributed by atoms with Crippen molar-refractivity contribution < 1.29 is 4.79 Å². The highest BCUT2D eigenvalue weighted by atomic mass is 35.5. The maximum atomic E-state index is 12.2. The van der Waals surface area contributed by atoms with Crippen molar-refractivity contribution in [3.8, 4) is 0 Å². The summed E-state index contributed by atoms with van der Waals surface area (Å²) in [4.78, 5) is 12.8. The van der Waals surface area contributed by atoms with E-state index in [0.29, 0.717) is 25.5 Å². The lowest BCUT2D eigenvalue weighted by molar-refractivity contribution is 0.104.